The molecule has 2 aromatic rings. The van der Waals surface area contributed by atoms with Crippen LogP contribution in [-0.4, -0.2) is 80.6 Å². The molecule has 0 aromatic heterocycles. The van der Waals surface area contributed by atoms with Crippen molar-refractivity contribution >= 4 is 23.4 Å². The van der Waals surface area contributed by atoms with Gasteiger partial charge in [0.25, 0.3) is 11.8 Å². The minimum atomic E-state index is -0.331. The van der Waals surface area contributed by atoms with Gasteiger partial charge in [0.05, 0.1) is 24.8 Å². The van der Waals surface area contributed by atoms with Crippen molar-refractivity contribution < 1.29 is 28.6 Å². The van der Waals surface area contributed by atoms with E-state index in [2.05, 4.69) is 5.32 Å². The lowest BCUT2D eigenvalue weighted by molar-refractivity contribution is -0.133. The second-order valence-electron chi connectivity index (χ2n) is 9.17. The Labute approximate surface area is 212 Å². The second-order valence-corrected chi connectivity index (χ2v) is 9.17. The van der Waals surface area contributed by atoms with Crippen LogP contribution in [0.25, 0.3) is 0 Å². The molecular weight excluding hydrogens is 462 g/mol. The maximum absolute atomic E-state index is 13.5. The molecule has 194 valence electrons. The van der Waals surface area contributed by atoms with Gasteiger partial charge in [0, 0.05) is 51.3 Å². The normalized spacial score (nSPS) is 20.9. The number of rotatable bonds is 4. The van der Waals surface area contributed by atoms with Crippen molar-refractivity contribution in [2.24, 2.45) is 5.92 Å². The molecule has 2 aromatic carbocycles. The number of benzene rings is 2. The van der Waals surface area contributed by atoms with Crippen LogP contribution >= 0.6 is 0 Å². The predicted molar refractivity (Wildman–Crippen MR) is 137 cm³/mol. The molecular formula is C27H35N3O6. The van der Waals surface area contributed by atoms with Gasteiger partial charge >= 0.3 is 0 Å². The molecule has 9 heteroatoms. The maximum Gasteiger partial charge on any atom is 0.257 e. The summed E-state index contributed by atoms with van der Waals surface area (Å²) in [5.41, 5.74) is 1.19. The highest BCUT2D eigenvalue weighted by Crippen LogP contribution is 2.27. The van der Waals surface area contributed by atoms with Gasteiger partial charge < -0.3 is 29.3 Å². The number of nitrogens with one attached hydrogen (secondary N) is 1. The maximum atomic E-state index is 13.5. The first-order valence-electron chi connectivity index (χ1n) is 11.9. The van der Waals surface area contributed by atoms with Crippen molar-refractivity contribution in [1.29, 1.82) is 0 Å². The average Bonchev–Trinajstić information content (AvgIpc) is 2.87. The zero-order valence-corrected chi connectivity index (χ0v) is 21.7. The summed E-state index contributed by atoms with van der Waals surface area (Å²) in [5, 5.41) is 2.84. The van der Waals surface area contributed by atoms with Gasteiger partial charge in [-0.3, -0.25) is 14.4 Å². The van der Waals surface area contributed by atoms with E-state index >= 15 is 0 Å². The number of nitrogens with zero attached hydrogens (tertiary/aromatic N) is 2. The minimum Gasteiger partial charge on any atom is -0.497 e. The molecule has 1 heterocycles. The summed E-state index contributed by atoms with van der Waals surface area (Å²) in [5.74, 6) is 0.301. The van der Waals surface area contributed by atoms with Crippen molar-refractivity contribution in [3.63, 3.8) is 0 Å². The quantitative estimate of drug-likeness (QED) is 0.696. The van der Waals surface area contributed by atoms with Crippen molar-refractivity contribution in [3.8, 4) is 11.5 Å². The molecule has 0 aliphatic carbocycles. The fourth-order valence-electron chi connectivity index (χ4n) is 4.26. The van der Waals surface area contributed by atoms with E-state index in [9.17, 15) is 14.4 Å². The van der Waals surface area contributed by atoms with Crippen LogP contribution in [0.1, 0.15) is 41.5 Å². The summed E-state index contributed by atoms with van der Waals surface area (Å²) in [6.07, 6.45) is -0.271. The number of ether oxygens (including phenoxy) is 3. The van der Waals surface area contributed by atoms with E-state index in [0.29, 0.717) is 41.4 Å². The molecule has 1 aliphatic rings. The third-order valence-corrected chi connectivity index (χ3v) is 6.44. The second kappa shape index (κ2) is 11.9. The number of hydrogen-bond acceptors (Lipinski definition) is 6. The number of likely N-dealkylation sites (N-methyl/N-ethyl adjacent to an activating group) is 1. The van der Waals surface area contributed by atoms with Crippen molar-refractivity contribution in [1.82, 2.24) is 9.80 Å². The average molecular weight is 498 g/mol. The first-order chi connectivity index (χ1) is 17.1. The highest BCUT2D eigenvalue weighted by Gasteiger charge is 2.29. The molecule has 0 fully saturated rings. The highest BCUT2D eigenvalue weighted by atomic mass is 16.5. The molecule has 1 N–H and O–H groups in total. The Morgan fingerprint density at radius 1 is 1.08 bits per heavy atom. The number of hydrogen-bond donors (Lipinski definition) is 1. The zero-order valence-electron chi connectivity index (χ0n) is 21.7. The van der Waals surface area contributed by atoms with Crippen LogP contribution in [0.5, 0.6) is 11.5 Å². The molecule has 0 saturated carbocycles. The standard InChI is InChI=1S/C27H35N3O6/c1-17-14-30(19(3)31)18(2)16-36-24-11-10-21(13-23(24)27(33)29(4)15-25(17)35-6)28-26(32)20-8-7-9-22(12-20)34-5/h7-13,17-18,25H,14-16H2,1-6H3,(H,28,32)/t17-,18+,25-/m1/s1. The van der Waals surface area contributed by atoms with E-state index in [0.717, 1.165) is 0 Å². The number of fused-ring (bicyclic) bond motifs is 1. The Morgan fingerprint density at radius 2 is 1.83 bits per heavy atom. The first kappa shape index (κ1) is 27.0. The van der Waals surface area contributed by atoms with Crippen LogP contribution < -0.4 is 14.8 Å². The number of amides is 3. The number of anilines is 1. The van der Waals surface area contributed by atoms with Gasteiger partial charge in [-0.05, 0) is 43.3 Å². The van der Waals surface area contributed by atoms with Gasteiger partial charge in [0.1, 0.15) is 18.1 Å². The van der Waals surface area contributed by atoms with Gasteiger partial charge in [-0.1, -0.05) is 13.0 Å². The van der Waals surface area contributed by atoms with Crippen LogP contribution in [0, 0.1) is 5.92 Å². The molecule has 3 amide bonds. The molecule has 9 nitrogen and oxygen atoms in total. The third kappa shape index (κ3) is 6.34. The van der Waals surface area contributed by atoms with Crippen molar-refractivity contribution in [3.05, 3.63) is 53.6 Å². The molecule has 1 aliphatic heterocycles. The number of carbonyl (C=O) groups is 3. The molecule has 0 spiro atoms. The largest absolute Gasteiger partial charge is 0.497 e. The van der Waals surface area contributed by atoms with E-state index in [4.69, 9.17) is 14.2 Å². The van der Waals surface area contributed by atoms with Crippen LogP contribution in [0.4, 0.5) is 5.69 Å². The lowest BCUT2D eigenvalue weighted by Crippen LogP contribution is -2.48. The van der Waals surface area contributed by atoms with Crippen LogP contribution in [0.3, 0.4) is 0 Å². The fourth-order valence-corrected chi connectivity index (χ4v) is 4.26. The van der Waals surface area contributed by atoms with Gasteiger partial charge in [-0.2, -0.15) is 0 Å². The zero-order chi connectivity index (χ0) is 26.4. The Bertz CT molecular complexity index is 1100. The van der Waals surface area contributed by atoms with E-state index in [-0.39, 0.29) is 42.4 Å². The molecule has 0 radical (unpaired) electrons. The lowest BCUT2D eigenvalue weighted by atomic mass is 10.0. The van der Waals surface area contributed by atoms with E-state index < -0.39 is 0 Å². The summed E-state index contributed by atoms with van der Waals surface area (Å²) in [6.45, 7) is 6.49. The molecule has 0 saturated heterocycles. The van der Waals surface area contributed by atoms with Crippen molar-refractivity contribution in [2.45, 2.75) is 32.9 Å². The number of carbonyl (C=O) groups excluding carboxylic acids is 3. The van der Waals surface area contributed by atoms with E-state index in [1.54, 1.807) is 66.4 Å². The van der Waals surface area contributed by atoms with E-state index in [1.165, 1.54) is 14.0 Å². The van der Waals surface area contributed by atoms with Crippen LogP contribution in [0.15, 0.2) is 42.5 Å². The minimum absolute atomic E-state index is 0.0102. The van der Waals surface area contributed by atoms with Crippen molar-refractivity contribution in [2.75, 3.05) is 46.3 Å². The fraction of sp³-hybridized carbons (Fsp3) is 0.444. The summed E-state index contributed by atoms with van der Waals surface area (Å²) in [4.78, 5) is 42.0. The molecule has 3 rings (SSSR count). The summed E-state index contributed by atoms with van der Waals surface area (Å²) in [7, 11) is 4.84. The first-order valence-corrected chi connectivity index (χ1v) is 11.9. The molecule has 0 bridgehead atoms. The Kier molecular flexibility index (Phi) is 8.93. The van der Waals surface area contributed by atoms with Gasteiger partial charge in [-0.15, -0.1) is 0 Å². The monoisotopic (exact) mass is 497 g/mol. The Morgan fingerprint density at radius 3 is 2.50 bits per heavy atom. The molecule has 3 atom stereocenters. The predicted octanol–water partition coefficient (Wildman–Crippen LogP) is 3.30. The smallest absolute Gasteiger partial charge is 0.257 e. The van der Waals surface area contributed by atoms with E-state index in [1.807, 2.05) is 13.8 Å². The topological polar surface area (TPSA) is 97.4 Å². The Balaban J connectivity index is 1.93. The summed E-state index contributed by atoms with van der Waals surface area (Å²) in [6, 6.07) is 11.6. The molecule has 36 heavy (non-hydrogen) atoms. The van der Waals surface area contributed by atoms with Gasteiger partial charge in [0.2, 0.25) is 5.91 Å². The van der Waals surface area contributed by atoms with Gasteiger partial charge in [-0.25, -0.2) is 0 Å². The Hall–Kier alpha value is -3.59. The highest BCUT2D eigenvalue weighted by molar-refractivity contribution is 6.05. The summed E-state index contributed by atoms with van der Waals surface area (Å²) >= 11 is 0. The number of methoxy groups -OCH3 is 2. The van der Waals surface area contributed by atoms with Crippen LogP contribution in [-0.2, 0) is 9.53 Å². The third-order valence-electron chi connectivity index (χ3n) is 6.44. The van der Waals surface area contributed by atoms with Gasteiger partial charge in [0.15, 0.2) is 0 Å². The molecule has 0 unspecified atom stereocenters. The van der Waals surface area contributed by atoms with Crippen LogP contribution in [0.2, 0.25) is 0 Å². The summed E-state index contributed by atoms with van der Waals surface area (Å²) < 4.78 is 16.9. The lowest BCUT2D eigenvalue weighted by Gasteiger charge is -2.35. The SMILES string of the molecule is COc1cccc(C(=O)Nc2ccc3c(c2)C(=O)N(C)C[C@@H](OC)[C@H](C)CN(C(C)=O)[C@@H](C)CO3)c1.